The van der Waals surface area contributed by atoms with Crippen LogP contribution in [0.15, 0.2) is 36.4 Å². The van der Waals surface area contributed by atoms with Crippen LogP contribution in [0.5, 0.6) is 0 Å². The van der Waals surface area contributed by atoms with Crippen molar-refractivity contribution in [2.24, 2.45) is 0 Å². The summed E-state index contributed by atoms with van der Waals surface area (Å²) in [5.74, 6) is 0. The number of benzene rings is 1. The van der Waals surface area contributed by atoms with Gasteiger partial charge in [-0.2, -0.15) is 0 Å². The van der Waals surface area contributed by atoms with Gasteiger partial charge in [0.1, 0.15) is 6.26 Å². The molecule has 2 aromatic rings. The molecule has 1 aromatic heterocycles. The molecule has 0 amide bonds. The van der Waals surface area contributed by atoms with Crippen LogP contribution in [0, 0.1) is 0 Å². The van der Waals surface area contributed by atoms with Crippen LogP contribution in [0.3, 0.4) is 0 Å². The summed E-state index contributed by atoms with van der Waals surface area (Å²) in [6.07, 6.45) is 4.86. The monoisotopic (exact) mass is 262 g/mol. The minimum absolute atomic E-state index is 0.662. The Morgan fingerprint density at radius 3 is 3.11 bits per heavy atom. The normalized spacial score (nSPS) is 15.0. The van der Waals surface area contributed by atoms with E-state index in [0.717, 1.165) is 23.5 Å². The summed E-state index contributed by atoms with van der Waals surface area (Å²) in [6.45, 7) is 3.69. The van der Waals surface area contributed by atoms with Crippen molar-refractivity contribution in [2.75, 3.05) is 13.3 Å². The second kappa shape index (κ2) is 4.58. The zero-order chi connectivity index (χ0) is 12.5. The van der Waals surface area contributed by atoms with Gasteiger partial charge in [-0.25, -0.2) is 0 Å². The Labute approximate surface area is 111 Å². The average molecular weight is 263 g/mol. The van der Waals surface area contributed by atoms with Crippen molar-refractivity contribution in [3.63, 3.8) is 0 Å². The van der Waals surface area contributed by atoms with Crippen molar-refractivity contribution in [3.05, 3.63) is 46.9 Å². The maximum Gasteiger partial charge on any atom is 0.160 e. The zero-order valence-corrected chi connectivity index (χ0v) is 11.0. The average Bonchev–Trinajstić information content (AvgIpc) is 2.93. The van der Waals surface area contributed by atoms with Gasteiger partial charge in [0.2, 0.25) is 0 Å². The number of H-pyrrole nitrogens is 1. The molecule has 0 aliphatic carbocycles. The fourth-order valence-corrected chi connectivity index (χ4v) is 2.45. The molecule has 4 heteroatoms. The van der Waals surface area contributed by atoms with E-state index >= 15 is 0 Å². The van der Waals surface area contributed by atoms with Gasteiger partial charge in [0.15, 0.2) is 6.73 Å². The van der Waals surface area contributed by atoms with E-state index < -0.39 is 0 Å². The van der Waals surface area contributed by atoms with Gasteiger partial charge in [0.25, 0.3) is 0 Å². The number of halogens is 1. The van der Waals surface area contributed by atoms with Crippen LogP contribution in [-0.4, -0.2) is 23.2 Å². The third-order valence-corrected chi connectivity index (χ3v) is 3.60. The molecule has 0 fully saturated rings. The van der Waals surface area contributed by atoms with E-state index in [0.29, 0.717) is 6.73 Å². The van der Waals surface area contributed by atoms with Crippen LogP contribution in [0.25, 0.3) is 10.9 Å². The summed E-state index contributed by atoms with van der Waals surface area (Å²) in [7, 11) is 0. The lowest BCUT2D eigenvalue weighted by Gasteiger charge is -2.17. The van der Waals surface area contributed by atoms with Gasteiger partial charge in [-0.05, 0) is 37.1 Å². The summed E-state index contributed by atoms with van der Waals surface area (Å²) in [5.41, 5.74) is 3.62. The van der Waals surface area contributed by atoms with E-state index in [-0.39, 0.29) is 0 Å². The molecule has 1 aliphatic rings. The molecule has 0 spiro atoms. The van der Waals surface area contributed by atoms with Gasteiger partial charge in [-0.1, -0.05) is 11.6 Å². The van der Waals surface area contributed by atoms with Gasteiger partial charge in [-0.15, -0.1) is 0 Å². The highest BCUT2D eigenvalue weighted by atomic mass is 35.5. The van der Waals surface area contributed by atoms with Gasteiger partial charge in [0.05, 0.1) is 0 Å². The van der Waals surface area contributed by atoms with Crippen LogP contribution in [0.1, 0.15) is 12.5 Å². The van der Waals surface area contributed by atoms with Crippen molar-refractivity contribution in [1.29, 1.82) is 0 Å². The third-order valence-electron chi connectivity index (χ3n) is 3.36. The second-order valence-electron chi connectivity index (χ2n) is 4.57. The highest BCUT2D eigenvalue weighted by Gasteiger charge is 2.12. The van der Waals surface area contributed by atoms with Crippen LogP contribution in [-0.2, 0) is 11.2 Å². The second-order valence-corrected chi connectivity index (χ2v) is 5.01. The van der Waals surface area contributed by atoms with Crippen LogP contribution in [0.4, 0.5) is 0 Å². The molecule has 1 aromatic carbocycles. The summed E-state index contributed by atoms with van der Waals surface area (Å²) in [5, 5.41) is 1.99. The van der Waals surface area contributed by atoms with E-state index in [1.54, 1.807) is 0 Å². The van der Waals surface area contributed by atoms with Crippen molar-refractivity contribution in [3.8, 4) is 0 Å². The van der Waals surface area contributed by atoms with Gasteiger partial charge < -0.3 is 14.6 Å². The molecule has 0 unspecified atom stereocenters. The minimum Gasteiger partial charge on any atom is -0.479 e. The van der Waals surface area contributed by atoms with E-state index in [9.17, 15) is 0 Å². The number of aromatic amines is 1. The Morgan fingerprint density at radius 2 is 2.33 bits per heavy atom. The molecule has 3 rings (SSSR count). The number of nitrogens with one attached hydrogen (secondary N) is 1. The Kier molecular flexibility index (Phi) is 2.92. The smallest absolute Gasteiger partial charge is 0.160 e. The van der Waals surface area contributed by atoms with Crippen molar-refractivity contribution < 1.29 is 4.74 Å². The van der Waals surface area contributed by atoms with Gasteiger partial charge in [0, 0.05) is 34.4 Å². The number of hydrogen-bond acceptors (Lipinski definition) is 2. The SMILES string of the molecule is CC1=COCN1CCc1c[nH]c2ccc(Cl)cc12. The first-order chi connectivity index (χ1) is 8.74. The summed E-state index contributed by atoms with van der Waals surface area (Å²) >= 11 is 6.04. The minimum atomic E-state index is 0.662. The van der Waals surface area contributed by atoms with E-state index in [1.807, 2.05) is 24.5 Å². The predicted molar refractivity (Wildman–Crippen MR) is 73.4 cm³/mol. The third kappa shape index (κ3) is 2.06. The molecule has 1 N–H and O–H groups in total. The number of allylic oxidation sites excluding steroid dienone is 1. The van der Waals surface area contributed by atoms with E-state index in [4.69, 9.17) is 16.3 Å². The Balaban J connectivity index is 1.78. The number of fused-ring (bicyclic) bond motifs is 1. The molecular formula is C14H15ClN2O. The lowest BCUT2D eigenvalue weighted by molar-refractivity contribution is 0.167. The molecule has 1 aliphatic heterocycles. The number of aromatic nitrogens is 1. The molecule has 0 saturated carbocycles. The fraction of sp³-hybridized carbons (Fsp3) is 0.286. The predicted octanol–water partition coefficient (Wildman–Crippen LogP) is 3.51. The molecule has 0 atom stereocenters. The van der Waals surface area contributed by atoms with Crippen LogP contribution < -0.4 is 0 Å². The Morgan fingerprint density at radius 1 is 1.44 bits per heavy atom. The topological polar surface area (TPSA) is 28.3 Å². The number of hydrogen-bond donors (Lipinski definition) is 1. The molecule has 0 saturated heterocycles. The Hall–Kier alpha value is -1.61. The molecule has 94 valence electrons. The van der Waals surface area contributed by atoms with Crippen LogP contribution in [0.2, 0.25) is 5.02 Å². The molecular weight excluding hydrogens is 248 g/mol. The van der Waals surface area contributed by atoms with Gasteiger partial charge >= 0.3 is 0 Å². The fourth-order valence-electron chi connectivity index (χ4n) is 2.28. The van der Waals surface area contributed by atoms with Crippen molar-refractivity contribution >= 4 is 22.5 Å². The first-order valence-corrected chi connectivity index (χ1v) is 6.40. The maximum atomic E-state index is 6.04. The number of ether oxygens (including phenoxy) is 1. The first-order valence-electron chi connectivity index (χ1n) is 6.03. The largest absolute Gasteiger partial charge is 0.479 e. The molecule has 0 radical (unpaired) electrons. The number of rotatable bonds is 3. The standard InChI is InChI=1S/C14H15ClN2O/c1-10-8-18-9-17(10)5-4-11-7-16-14-3-2-12(15)6-13(11)14/h2-3,6-8,16H,4-5,9H2,1H3. The molecule has 0 bridgehead atoms. The Bertz CT molecular complexity index is 603. The molecule has 18 heavy (non-hydrogen) atoms. The first kappa shape index (κ1) is 11.5. The molecule has 2 heterocycles. The quantitative estimate of drug-likeness (QED) is 0.917. The summed E-state index contributed by atoms with van der Waals surface area (Å²) < 4.78 is 5.28. The summed E-state index contributed by atoms with van der Waals surface area (Å²) in [6, 6.07) is 5.95. The van der Waals surface area contributed by atoms with E-state index in [1.165, 1.54) is 16.6 Å². The highest BCUT2D eigenvalue weighted by molar-refractivity contribution is 6.31. The van der Waals surface area contributed by atoms with Gasteiger partial charge in [-0.3, -0.25) is 0 Å². The maximum absolute atomic E-state index is 6.04. The van der Waals surface area contributed by atoms with E-state index in [2.05, 4.69) is 23.0 Å². The number of nitrogens with zero attached hydrogens (tertiary/aromatic N) is 1. The zero-order valence-electron chi connectivity index (χ0n) is 10.2. The van der Waals surface area contributed by atoms with Crippen LogP contribution >= 0.6 is 11.6 Å². The highest BCUT2D eigenvalue weighted by Crippen LogP contribution is 2.23. The summed E-state index contributed by atoms with van der Waals surface area (Å²) in [4.78, 5) is 5.50. The lowest BCUT2D eigenvalue weighted by atomic mass is 10.1. The van der Waals surface area contributed by atoms with Crippen molar-refractivity contribution in [1.82, 2.24) is 9.88 Å². The lowest BCUT2D eigenvalue weighted by Crippen LogP contribution is -2.21. The van der Waals surface area contributed by atoms with Crippen molar-refractivity contribution in [2.45, 2.75) is 13.3 Å². The molecule has 3 nitrogen and oxygen atoms in total.